The highest BCUT2D eigenvalue weighted by Gasteiger charge is 2.26. The van der Waals surface area contributed by atoms with Gasteiger partial charge in [0.25, 0.3) is 0 Å². The highest BCUT2D eigenvalue weighted by Crippen LogP contribution is 2.19. The lowest BCUT2D eigenvalue weighted by Crippen LogP contribution is -2.48. The molecule has 0 saturated carbocycles. The van der Waals surface area contributed by atoms with E-state index in [2.05, 4.69) is 17.6 Å². The molecule has 23 heavy (non-hydrogen) atoms. The summed E-state index contributed by atoms with van der Waals surface area (Å²) in [7, 11) is 0. The van der Waals surface area contributed by atoms with Gasteiger partial charge in [0, 0.05) is 13.2 Å². The van der Waals surface area contributed by atoms with Crippen molar-refractivity contribution in [3.8, 4) is 0 Å². The first-order chi connectivity index (χ1) is 11.2. The lowest BCUT2D eigenvalue weighted by atomic mass is 10.0. The topological polar surface area (TPSA) is 70.6 Å². The van der Waals surface area contributed by atoms with E-state index in [1.54, 1.807) is 0 Å². The Bertz CT molecular complexity index is 461. The molecule has 3 atom stereocenters. The molecule has 0 aliphatic carbocycles. The number of aliphatic hydroxyl groups excluding tert-OH is 1. The Hall–Kier alpha value is -1.59. The number of benzene rings is 1. The van der Waals surface area contributed by atoms with Gasteiger partial charge in [0.05, 0.1) is 18.2 Å². The van der Waals surface area contributed by atoms with E-state index in [4.69, 9.17) is 9.84 Å². The lowest BCUT2D eigenvalue weighted by molar-refractivity contribution is 0.0794. The van der Waals surface area contributed by atoms with Crippen LogP contribution in [0.3, 0.4) is 0 Å². The Morgan fingerprint density at radius 1 is 1.35 bits per heavy atom. The summed E-state index contributed by atoms with van der Waals surface area (Å²) in [5.74, 6) is 0. The average molecular weight is 320 g/mol. The number of carbonyl (C=O) groups excluding carboxylic acids is 1. The molecule has 2 rings (SSSR count). The summed E-state index contributed by atoms with van der Waals surface area (Å²) in [5.41, 5.74) is 1.06. The number of urea groups is 1. The number of hydrogen-bond acceptors (Lipinski definition) is 3. The number of rotatable bonds is 8. The zero-order valence-corrected chi connectivity index (χ0v) is 13.8. The standard InChI is InChI=1S/C18H28N2O3/c1-2-15(17-11-7-13-23-17)19-18(22)20-16(10-6-12-21)14-8-4-3-5-9-14/h3-5,8-9,15-17,21H,2,6-7,10-13H2,1H3,(H2,19,20,22). The van der Waals surface area contributed by atoms with E-state index < -0.39 is 0 Å². The molecular weight excluding hydrogens is 292 g/mol. The average Bonchev–Trinajstić information content (AvgIpc) is 3.11. The second kappa shape index (κ2) is 9.53. The van der Waals surface area contributed by atoms with Gasteiger partial charge in [-0.2, -0.15) is 0 Å². The first-order valence-corrected chi connectivity index (χ1v) is 8.59. The van der Waals surface area contributed by atoms with Crippen LogP contribution in [0, 0.1) is 0 Å². The minimum absolute atomic E-state index is 0.0479. The van der Waals surface area contributed by atoms with Gasteiger partial charge < -0.3 is 20.5 Å². The minimum atomic E-state index is -0.167. The molecule has 1 aromatic carbocycles. The van der Waals surface area contributed by atoms with Gasteiger partial charge in [0.2, 0.25) is 0 Å². The molecule has 0 spiro atoms. The maximum atomic E-state index is 12.4. The summed E-state index contributed by atoms with van der Waals surface area (Å²) in [5, 5.41) is 15.2. The summed E-state index contributed by atoms with van der Waals surface area (Å²) >= 11 is 0. The largest absolute Gasteiger partial charge is 0.396 e. The van der Waals surface area contributed by atoms with Crippen LogP contribution in [-0.4, -0.2) is 36.5 Å². The van der Waals surface area contributed by atoms with Crippen molar-refractivity contribution < 1.29 is 14.6 Å². The van der Waals surface area contributed by atoms with Crippen molar-refractivity contribution in [1.29, 1.82) is 0 Å². The van der Waals surface area contributed by atoms with E-state index in [-0.39, 0.29) is 30.8 Å². The summed E-state index contributed by atoms with van der Waals surface area (Å²) in [6, 6.07) is 9.66. The van der Waals surface area contributed by atoms with E-state index in [0.29, 0.717) is 12.8 Å². The second-order valence-electron chi connectivity index (χ2n) is 6.01. The number of hydrogen-bond donors (Lipinski definition) is 3. The molecule has 0 radical (unpaired) electrons. The SMILES string of the molecule is CCC(NC(=O)NC(CCCO)c1ccccc1)C1CCCO1. The molecule has 1 aromatic rings. The Balaban J connectivity index is 1.93. The normalized spacial score (nSPS) is 20.0. The van der Waals surface area contributed by atoms with Gasteiger partial charge in [0.1, 0.15) is 0 Å². The van der Waals surface area contributed by atoms with Crippen molar-refractivity contribution >= 4 is 6.03 Å². The third-order valence-electron chi connectivity index (χ3n) is 4.33. The molecule has 2 amide bonds. The van der Waals surface area contributed by atoms with E-state index >= 15 is 0 Å². The van der Waals surface area contributed by atoms with Crippen molar-refractivity contribution in [2.75, 3.05) is 13.2 Å². The van der Waals surface area contributed by atoms with Gasteiger partial charge in [0.15, 0.2) is 0 Å². The van der Waals surface area contributed by atoms with E-state index in [9.17, 15) is 4.79 Å². The zero-order chi connectivity index (χ0) is 16.5. The van der Waals surface area contributed by atoms with Crippen molar-refractivity contribution in [2.45, 2.75) is 57.2 Å². The number of ether oxygens (including phenoxy) is 1. The van der Waals surface area contributed by atoms with Crippen LogP contribution in [0.25, 0.3) is 0 Å². The third-order valence-corrected chi connectivity index (χ3v) is 4.33. The van der Waals surface area contributed by atoms with Gasteiger partial charge in [-0.25, -0.2) is 4.79 Å². The quantitative estimate of drug-likeness (QED) is 0.690. The van der Waals surface area contributed by atoms with Crippen molar-refractivity contribution in [2.24, 2.45) is 0 Å². The van der Waals surface area contributed by atoms with Gasteiger partial charge in [-0.15, -0.1) is 0 Å². The van der Waals surface area contributed by atoms with E-state index in [0.717, 1.165) is 31.4 Å². The predicted molar refractivity (Wildman–Crippen MR) is 90.2 cm³/mol. The molecule has 3 N–H and O–H groups in total. The summed E-state index contributed by atoms with van der Waals surface area (Å²) < 4.78 is 5.69. The zero-order valence-electron chi connectivity index (χ0n) is 13.8. The van der Waals surface area contributed by atoms with E-state index in [1.807, 2.05) is 30.3 Å². The number of nitrogens with one attached hydrogen (secondary N) is 2. The van der Waals surface area contributed by atoms with Crippen molar-refractivity contribution in [1.82, 2.24) is 10.6 Å². The van der Waals surface area contributed by atoms with Crippen LogP contribution in [0.2, 0.25) is 0 Å². The van der Waals surface area contributed by atoms with Gasteiger partial charge in [-0.1, -0.05) is 37.3 Å². The van der Waals surface area contributed by atoms with Crippen LogP contribution in [0.5, 0.6) is 0 Å². The molecule has 5 nitrogen and oxygen atoms in total. The lowest BCUT2D eigenvalue weighted by Gasteiger charge is -2.25. The molecule has 1 aliphatic rings. The Labute approximate surface area is 138 Å². The van der Waals surface area contributed by atoms with Crippen molar-refractivity contribution in [3.05, 3.63) is 35.9 Å². The molecule has 1 aliphatic heterocycles. The number of amides is 2. The molecule has 5 heteroatoms. The van der Waals surface area contributed by atoms with Crippen LogP contribution >= 0.6 is 0 Å². The first-order valence-electron chi connectivity index (χ1n) is 8.59. The fourth-order valence-electron chi connectivity index (χ4n) is 3.05. The first kappa shape index (κ1) is 17.8. The molecule has 1 fully saturated rings. The Morgan fingerprint density at radius 3 is 2.74 bits per heavy atom. The highest BCUT2D eigenvalue weighted by atomic mass is 16.5. The summed E-state index contributed by atoms with van der Waals surface area (Å²) in [6.45, 7) is 2.97. The molecule has 0 aromatic heterocycles. The summed E-state index contributed by atoms with van der Waals surface area (Å²) in [4.78, 5) is 12.4. The molecule has 128 valence electrons. The van der Waals surface area contributed by atoms with Crippen LogP contribution in [-0.2, 0) is 4.74 Å². The second-order valence-corrected chi connectivity index (χ2v) is 6.01. The molecule has 1 heterocycles. The molecule has 3 unspecified atom stereocenters. The molecule has 0 bridgehead atoms. The minimum Gasteiger partial charge on any atom is -0.396 e. The number of carbonyl (C=O) groups is 1. The number of aliphatic hydroxyl groups is 1. The Morgan fingerprint density at radius 2 is 2.13 bits per heavy atom. The maximum Gasteiger partial charge on any atom is 0.315 e. The maximum absolute atomic E-state index is 12.4. The summed E-state index contributed by atoms with van der Waals surface area (Å²) in [6.07, 6.45) is 4.41. The predicted octanol–water partition coefficient (Wildman–Crippen LogP) is 2.76. The van der Waals surface area contributed by atoms with Crippen LogP contribution in [0.1, 0.15) is 50.6 Å². The third kappa shape index (κ3) is 5.52. The fraction of sp³-hybridized carbons (Fsp3) is 0.611. The monoisotopic (exact) mass is 320 g/mol. The van der Waals surface area contributed by atoms with Crippen LogP contribution < -0.4 is 10.6 Å². The van der Waals surface area contributed by atoms with Gasteiger partial charge >= 0.3 is 6.03 Å². The van der Waals surface area contributed by atoms with Crippen LogP contribution in [0.4, 0.5) is 4.79 Å². The smallest absolute Gasteiger partial charge is 0.315 e. The van der Waals surface area contributed by atoms with E-state index in [1.165, 1.54) is 0 Å². The molecule has 1 saturated heterocycles. The highest BCUT2D eigenvalue weighted by molar-refractivity contribution is 5.74. The molecular formula is C18H28N2O3. The Kier molecular flexibility index (Phi) is 7.36. The van der Waals surface area contributed by atoms with Crippen molar-refractivity contribution in [3.63, 3.8) is 0 Å². The fourth-order valence-corrected chi connectivity index (χ4v) is 3.05. The van der Waals surface area contributed by atoms with Crippen LogP contribution in [0.15, 0.2) is 30.3 Å². The van der Waals surface area contributed by atoms with Gasteiger partial charge in [-0.05, 0) is 37.7 Å². The van der Waals surface area contributed by atoms with Gasteiger partial charge in [-0.3, -0.25) is 0 Å².